The lowest BCUT2D eigenvalue weighted by atomic mass is 9.98. The number of H-pyrrole nitrogens is 1. The van der Waals surface area contributed by atoms with E-state index < -0.39 is 0 Å². The van der Waals surface area contributed by atoms with Crippen LogP contribution in [0.2, 0.25) is 0 Å². The highest BCUT2D eigenvalue weighted by atomic mass is 32.2. The Balaban J connectivity index is 1.44. The van der Waals surface area contributed by atoms with E-state index in [9.17, 15) is 0 Å². The second kappa shape index (κ2) is 10.2. The molecule has 0 unspecified atom stereocenters. The van der Waals surface area contributed by atoms with Gasteiger partial charge in [0.1, 0.15) is 5.82 Å². The molecule has 3 heterocycles. The zero-order valence-electron chi connectivity index (χ0n) is 19.4. The molecule has 8 heteroatoms. The van der Waals surface area contributed by atoms with Gasteiger partial charge in [0.05, 0.1) is 10.5 Å². The van der Waals surface area contributed by atoms with Crippen molar-refractivity contribution in [2.45, 2.75) is 44.7 Å². The molecule has 7 nitrogen and oxygen atoms in total. The molecule has 3 aromatic heterocycles. The number of rotatable bonds is 9. The van der Waals surface area contributed by atoms with Gasteiger partial charge < -0.3 is 4.57 Å². The van der Waals surface area contributed by atoms with Crippen molar-refractivity contribution in [2.24, 2.45) is 0 Å². The molecule has 0 saturated heterocycles. The predicted octanol–water partition coefficient (Wildman–Crippen LogP) is 5.78. The number of hydrogen-bond acceptors (Lipinski definition) is 6. The number of aromatic nitrogens is 7. The molecule has 0 amide bonds. The maximum Gasteiger partial charge on any atom is 0.180 e. The molecule has 0 atom stereocenters. The summed E-state index contributed by atoms with van der Waals surface area (Å²) in [5, 5.41) is 15.4. The van der Waals surface area contributed by atoms with Crippen molar-refractivity contribution in [2.75, 3.05) is 5.75 Å². The lowest BCUT2D eigenvalue weighted by Gasteiger charge is -2.11. The number of benzene rings is 2. The summed E-state index contributed by atoms with van der Waals surface area (Å²) in [5.74, 6) is 2.83. The van der Waals surface area contributed by atoms with E-state index in [0.717, 1.165) is 70.3 Å². The number of aryl methyl sites for hydroxylation is 1. The van der Waals surface area contributed by atoms with Gasteiger partial charge in [-0.25, -0.2) is 15.1 Å². The molecule has 0 fully saturated rings. The fourth-order valence-electron chi connectivity index (χ4n) is 4.10. The summed E-state index contributed by atoms with van der Waals surface area (Å²) in [5.41, 5.74) is 6.36. The summed E-state index contributed by atoms with van der Waals surface area (Å²) in [6, 6.07) is 21.1. The van der Waals surface area contributed by atoms with Crippen molar-refractivity contribution in [1.82, 2.24) is 35.2 Å². The molecule has 0 bridgehead atoms. The normalized spacial score (nSPS) is 11.4. The van der Waals surface area contributed by atoms with Gasteiger partial charge in [0.2, 0.25) is 0 Å². The van der Waals surface area contributed by atoms with Gasteiger partial charge in [-0.3, -0.25) is 0 Å². The quantitative estimate of drug-likeness (QED) is 0.275. The first kappa shape index (κ1) is 22.3. The van der Waals surface area contributed by atoms with E-state index in [4.69, 9.17) is 9.97 Å². The zero-order chi connectivity index (χ0) is 23.3. The Morgan fingerprint density at radius 3 is 2.44 bits per heavy atom. The van der Waals surface area contributed by atoms with Crippen LogP contribution in [0.25, 0.3) is 33.7 Å². The van der Waals surface area contributed by atoms with E-state index in [2.05, 4.69) is 81.5 Å². The van der Waals surface area contributed by atoms with Crippen LogP contribution in [0.3, 0.4) is 0 Å². The monoisotopic (exact) mass is 469 g/mol. The lowest BCUT2D eigenvalue weighted by Crippen LogP contribution is -2.05. The summed E-state index contributed by atoms with van der Waals surface area (Å²) in [6.45, 7) is 5.15. The average molecular weight is 470 g/mol. The van der Waals surface area contributed by atoms with Crippen molar-refractivity contribution < 1.29 is 0 Å². The average Bonchev–Trinajstić information content (AvgIpc) is 3.52. The summed E-state index contributed by atoms with van der Waals surface area (Å²) >= 11 is 1.79. The molecule has 0 saturated carbocycles. The third-order valence-corrected chi connectivity index (χ3v) is 6.86. The number of fused-ring (bicyclic) bond motifs is 1. The molecule has 0 aliphatic heterocycles. The van der Waals surface area contributed by atoms with Gasteiger partial charge in [-0.15, -0.1) is 16.9 Å². The summed E-state index contributed by atoms with van der Waals surface area (Å²) in [7, 11) is 0. The highest BCUT2D eigenvalue weighted by molar-refractivity contribution is 7.99. The van der Waals surface area contributed by atoms with Crippen LogP contribution < -0.4 is 0 Å². The Morgan fingerprint density at radius 2 is 1.71 bits per heavy atom. The molecule has 0 aliphatic carbocycles. The second-order valence-electron chi connectivity index (χ2n) is 8.20. The van der Waals surface area contributed by atoms with Gasteiger partial charge in [0, 0.05) is 18.5 Å². The van der Waals surface area contributed by atoms with Crippen molar-refractivity contribution in [3.63, 3.8) is 0 Å². The molecule has 5 aromatic rings. The third kappa shape index (κ3) is 4.59. The molecule has 172 valence electrons. The SMILES string of the molecule is CCCSc1ccc2c(n1)nc(CCC)n2Cc1ccc(-c2ccccc2-c2nnn[nH]2)cc1. The number of hydrogen-bond donors (Lipinski definition) is 1. The highest BCUT2D eigenvalue weighted by Gasteiger charge is 2.14. The Morgan fingerprint density at radius 1 is 0.882 bits per heavy atom. The summed E-state index contributed by atoms with van der Waals surface area (Å²) in [6.07, 6.45) is 3.12. The first-order valence-electron chi connectivity index (χ1n) is 11.7. The first-order valence-corrected chi connectivity index (χ1v) is 12.7. The van der Waals surface area contributed by atoms with Crippen LogP contribution in [0.5, 0.6) is 0 Å². The van der Waals surface area contributed by atoms with Crippen molar-refractivity contribution in [1.29, 1.82) is 0 Å². The van der Waals surface area contributed by atoms with E-state index in [0.29, 0.717) is 5.82 Å². The Kier molecular flexibility index (Phi) is 6.67. The Hall–Kier alpha value is -3.52. The molecule has 5 rings (SSSR count). The number of imidazole rings is 1. The molecule has 0 spiro atoms. The molecule has 34 heavy (non-hydrogen) atoms. The zero-order valence-corrected chi connectivity index (χ0v) is 20.2. The van der Waals surface area contributed by atoms with E-state index in [-0.39, 0.29) is 0 Å². The lowest BCUT2D eigenvalue weighted by molar-refractivity contribution is 0.722. The van der Waals surface area contributed by atoms with Crippen LogP contribution in [0.15, 0.2) is 65.7 Å². The van der Waals surface area contributed by atoms with Gasteiger partial charge in [-0.1, -0.05) is 62.4 Å². The number of nitrogens with one attached hydrogen (secondary N) is 1. The largest absolute Gasteiger partial charge is 0.322 e. The number of pyridine rings is 1. The summed E-state index contributed by atoms with van der Waals surface area (Å²) < 4.78 is 2.31. The van der Waals surface area contributed by atoms with Crippen LogP contribution >= 0.6 is 11.8 Å². The van der Waals surface area contributed by atoms with Gasteiger partial charge in [0.25, 0.3) is 0 Å². The van der Waals surface area contributed by atoms with E-state index in [1.807, 2.05) is 18.2 Å². The topological polar surface area (TPSA) is 85.2 Å². The van der Waals surface area contributed by atoms with Gasteiger partial charge in [0.15, 0.2) is 11.5 Å². The van der Waals surface area contributed by atoms with Gasteiger partial charge >= 0.3 is 0 Å². The van der Waals surface area contributed by atoms with Gasteiger partial charge in [-0.2, -0.15) is 0 Å². The minimum atomic E-state index is 0.665. The summed E-state index contributed by atoms with van der Waals surface area (Å²) in [4.78, 5) is 9.71. The molecule has 0 aliphatic rings. The van der Waals surface area contributed by atoms with E-state index >= 15 is 0 Å². The molecule has 0 radical (unpaired) electrons. The Labute approximate surface area is 203 Å². The number of tetrazole rings is 1. The van der Waals surface area contributed by atoms with Crippen molar-refractivity contribution in [3.8, 4) is 22.5 Å². The molecular formula is C26H27N7S. The number of aromatic amines is 1. The number of nitrogens with zero attached hydrogens (tertiary/aromatic N) is 6. The minimum Gasteiger partial charge on any atom is -0.322 e. The van der Waals surface area contributed by atoms with Crippen LogP contribution in [0.4, 0.5) is 0 Å². The first-order chi connectivity index (χ1) is 16.8. The van der Waals surface area contributed by atoms with Crippen molar-refractivity contribution >= 4 is 22.9 Å². The number of thioether (sulfide) groups is 1. The van der Waals surface area contributed by atoms with Crippen LogP contribution in [0.1, 0.15) is 38.1 Å². The second-order valence-corrected chi connectivity index (χ2v) is 9.31. The van der Waals surface area contributed by atoms with E-state index in [1.54, 1.807) is 11.8 Å². The fourth-order valence-corrected chi connectivity index (χ4v) is 4.83. The standard InChI is InChI=1S/C26H27N7S/c1-3-7-23-27-26-22(14-15-24(28-26)34-16-4-2)33(23)17-18-10-12-19(13-11-18)20-8-5-6-9-21(20)25-29-31-32-30-25/h5-6,8-15H,3-4,7,16-17H2,1-2H3,(H,29,30,31,32). The molecular weight excluding hydrogens is 442 g/mol. The fraction of sp³-hybridized carbons (Fsp3) is 0.269. The maximum absolute atomic E-state index is 4.89. The van der Waals surface area contributed by atoms with Crippen LogP contribution in [0, 0.1) is 0 Å². The Bertz CT molecular complexity index is 1370. The van der Waals surface area contributed by atoms with Crippen LogP contribution in [-0.4, -0.2) is 40.9 Å². The van der Waals surface area contributed by atoms with Gasteiger partial charge in [-0.05, 0) is 57.8 Å². The minimum absolute atomic E-state index is 0.665. The maximum atomic E-state index is 4.89. The highest BCUT2D eigenvalue weighted by Crippen LogP contribution is 2.30. The predicted molar refractivity (Wildman–Crippen MR) is 137 cm³/mol. The van der Waals surface area contributed by atoms with Crippen LogP contribution in [-0.2, 0) is 13.0 Å². The third-order valence-electron chi connectivity index (χ3n) is 5.73. The smallest absolute Gasteiger partial charge is 0.180 e. The molecule has 1 N–H and O–H groups in total. The molecule has 2 aromatic carbocycles. The van der Waals surface area contributed by atoms with Crippen molar-refractivity contribution in [3.05, 3.63) is 72.1 Å². The van der Waals surface area contributed by atoms with E-state index in [1.165, 1.54) is 5.56 Å².